The van der Waals surface area contributed by atoms with E-state index in [2.05, 4.69) is 12.2 Å². The van der Waals surface area contributed by atoms with E-state index in [0.29, 0.717) is 5.69 Å². The molecule has 2 N–H and O–H groups in total. The molecule has 3 aromatic rings. The highest BCUT2D eigenvalue weighted by Gasteiger charge is 2.25. The first-order valence-electron chi connectivity index (χ1n) is 13.7. The van der Waals surface area contributed by atoms with Crippen molar-refractivity contribution in [1.82, 2.24) is 0 Å². The Kier molecular flexibility index (Phi) is 11.4. The monoisotopic (exact) mass is 531 g/mol. The SMILES string of the molecule is CCCCCCCCCCCCCCc1ccccc1NC(=O)c1ccc2c(F)c(F)c(F)c(F)c2c1O. The molecule has 3 nitrogen and oxygen atoms in total. The lowest BCUT2D eigenvalue weighted by atomic mass is 10.0. The highest BCUT2D eigenvalue weighted by atomic mass is 19.2. The van der Waals surface area contributed by atoms with Crippen molar-refractivity contribution in [3.05, 3.63) is 70.8 Å². The molecule has 0 unspecified atom stereocenters. The van der Waals surface area contributed by atoms with Crippen LogP contribution in [0.5, 0.6) is 5.75 Å². The number of para-hydroxylation sites is 1. The highest BCUT2D eigenvalue weighted by molar-refractivity contribution is 6.10. The fourth-order valence-corrected chi connectivity index (χ4v) is 4.81. The second-order valence-corrected chi connectivity index (χ2v) is 9.89. The van der Waals surface area contributed by atoms with Crippen molar-refractivity contribution in [2.75, 3.05) is 5.32 Å². The molecule has 0 heterocycles. The molecule has 0 aliphatic carbocycles. The van der Waals surface area contributed by atoms with Crippen LogP contribution in [-0.2, 0) is 6.42 Å². The largest absolute Gasteiger partial charge is 0.506 e. The maximum absolute atomic E-state index is 14.3. The van der Waals surface area contributed by atoms with Gasteiger partial charge in [-0.25, -0.2) is 17.6 Å². The van der Waals surface area contributed by atoms with Crippen molar-refractivity contribution in [3.63, 3.8) is 0 Å². The van der Waals surface area contributed by atoms with E-state index in [1.807, 2.05) is 12.1 Å². The number of rotatable bonds is 15. The van der Waals surface area contributed by atoms with Gasteiger partial charge in [-0.05, 0) is 30.5 Å². The molecule has 0 spiro atoms. The zero-order chi connectivity index (χ0) is 27.5. The molecule has 0 aliphatic heterocycles. The van der Waals surface area contributed by atoms with Crippen LogP contribution in [0.15, 0.2) is 36.4 Å². The Hall–Kier alpha value is -3.09. The van der Waals surface area contributed by atoms with Gasteiger partial charge in [-0.2, -0.15) is 0 Å². The quantitative estimate of drug-likeness (QED) is 0.0888. The van der Waals surface area contributed by atoms with Gasteiger partial charge in [-0.15, -0.1) is 0 Å². The number of aromatic hydroxyl groups is 1. The molecular formula is C31H37F4NO2. The van der Waals surface area contributed by atoms with E-state index in [9.17, 15) is 27.5 Å². The van der Waals surface area contributed by atoms with E-state index in [4.69, 9.17) is 0 Å². The minimum atomic E-state index is -2.05. The van der Waals surface area contributed by atoms with Crippen LogP contribution in [0.1, 0.15) is 99.9 Å². The van der Waals surface area contributed by atoms with Gasteiger partial charge in [0.1, 0.15) is 5.75 Å². The van der Waals surface area contributed by atoms with Crippen LogP contribution in [0.25, 0.3) is 10.8 Å². The predicted molar refractivity (Wildman–Crippen MR) is 145 cm³/mol. The molecule has 0 atom stereocenters. The van der Waals surface area contributed by atoms with Gasteiger partial charge in [-0.3, -0.25) is 4.79 Å². The summed E-state index contributed by atoms with van der Waals surface area (Å²) in [4.78, 5) is 12.9. The normalized spacial score (nSPS) is 11.3. The van der Waals surface area contributed by atoms with Gasteiger partial charge in [-0.1, -0.05) is 102 Å². The third-order valence-electron chi connectivity index (χ3n) is 7.02. The predicted octanol–water partition coefficient (Wildman–Crippen LogP) is 9.60. The Morgan fingerprint density at radius 2 is 1.26 bits per heavy atom. The van der Waals surface area contributed by atoms with Crippen LogP contribution in [0.4, 0.5) is 23.2 Å². The lowest BCUT2D eigenvalue weighted by Gasteiger charge is -2.13. The average molecular weight is 532 g/mol. The molecule has 0 radical (unpaired) electrons. The van der Waals surface area contributed by atoms with Crippen molar-refractivity contribution in [1.29, 1.82) is 0 Å². The van der Waals surface area contributed by atoms with E-state index in [-0.39, 0.29) is 5.56 Å². The Balaban J connectivity index is 1.53. The number of carbonyl (C=O) groups excluding carboxylic acids is 1. The number of hydrogen-bond donors (Lipinski definition) is 2. The first kappa shape index (κ1) is 29.5. The number of halogens is 4. The molecule has 0 aliphatic rings. The molecule has 0 saturated carbocycles. The third kappa shape index (κ3) is 7.49. The van der Waals surface area contributed by atoms with Crippen molar-refractivity contribution < 1.29 is 27.5 Å². The fourth-order valence-electron chi connectivity index (χ4n) is 4.81. The summed E-state index contributed by atoms with van der Waals surface area (Å²) >= 11 is 0. The van der Waals surface area contributed by atoms with Crippen LogP contribution < -0.4 is 5.32 Å². The lowest BCUT2D eigenvalue weighted by molar-refractivity contribution is 0.102. The highest BCUT2D eigenvalue weighted by Crippen LogP contribution is 2.35. The van der Waals surface area contributed by atoms with Gasteiger partial charge < -0.3 is 10.4 Å². The minimum Gasteiger partial charge on any atom is -0.506 e. The van der Waals surface area contributed by atoms with Crippen molar-refractivity contribution in [2.24, 2.45) is 0 Å². The number of phenols is 1. The number of nitrogens with one attached hydrogen (secondary N) is 1. The topological polar surface area (TPSA) is 49.3 Å². The molecule has 38 heavy (non-hydrogen) atoms. The number of fused-ring (bicyclic) bond motifs is 1. The second kappa shape index (κ2) is 14.7. The molecule has 3 rings (SSSR count). The molecule has 0 fully saturated rings. The van der Waals surface area contributed by atoms with Crippen LogP contribution in [0.3, 0.4) is 0 Å². The number of amides is 1. The number of unbranched alkanes of at least 4 members (excludes halogenated alkanes) is 11. The molecule has 0 aromatic heterocycles. The molecule has 7 heteroatoms. The van der Waals surface area contributed by atoms with Crippen LogP contribution in [0.2, 0.25) is 0 Å². The molecule has 0 bridgehead atoms. The van der Waals surface area contributed by atoms with Gasteiger partial charge in [0.15, 0.2) is 23.3 Å². The smallest absolute Gasteiger partial charge is 0.259 e. The average Bonchev–Trinajstić information content (AvgIpc) is 2.91. The summed E-state index contributed by atoms with van der Waals surface area (Å²) < 4.78 is 55.7. The van der Waals surface area contributed by atoms with Crippen LogP contribution in [-0.4, -0.2) is 11.0 Å². The van der Waals surface area contributed by atoms with E-state index in [1.165, 1.54) is 57.8 Å². The zero-order valence-corrected chi connectivity index (χ0v) is 22.0. The van der Waals surface area contributed by atoms with E-state index < -0.39 is 45.7 Å². The number of phenolic OH excluding ortho intramolecular Hbond substituents is 1. The molecule has 3 aromatic carbocycles. The van der Waals surface area contributed by atoms with Crippen molar-refractivity contribution >= 4 is 22.4 Å². The first-order chi connectivity index (χ1) is 18.4. The van der Waals surface area contributed by atoms with Crippen molar-refractivity contribution in [2.45, 2.75) is 90.4 Å². The standard InChI is InChI=1S/C31H37F4NO2/c1-2-3-4-5-6-7-8-9-10-11-12-13-16-21-17-14-15-18-24(21)36-31(38)23-20-19-22-25(30(23)37)27(33)29(35)28(34)26(22)32/h14-15,17-20,37H,2-13,16H2,1H3,(H,36,38). The van der Waals surface area contributed by atoms with E-state index in [0.717, 1.165) is 43.4 Å². The molecule has 0 saturated heterocycles. The Morgan fingerprint density at radius 1 is 0.711 bits per heavy atom. The van der Waals surface area contributed by atoms with E-state index >= 15 is 0 Å². The summed E-state index contributed by atoms with van der Waals surface area (Å²) in [5.74, 6) is -9.12. The molecule has 1 amide bonds. The van der Waals surface area contributed by atoms with Gasteiger partial charge >= 0.3 is 0 Å². The molecular weight excluding hydrogens is 494 g/mol. The summed E-state index contributed by atoms with van der Waals surface area (Å²) in [6, 6.07) is 9.26. The number of benzene rings is 3. The first-order valence-corrected chi connectivity index (χ1v) is 13.7. The molecule has 206 valence electrons. The minimum absolute atomic E-state index is 0.373. The number of aryl methyl sites for hydroxylation is 1. The lowest BCUT2D eigenvalue weighted by Crippen LogP contribution is -2.14. The summed E-state index contributed by atoms with van der Waals surface area (Å²) in [5.41, 5.74) is 1.08. The number of hydrogen-bond acceptors (Lipinski definition) is 2. The Morgan fingerprint density at radius 3 is 1.89 bits per heavy atom. The summed E-state index contributed by atoms with van der Waals surface area (Å²) in [7, 11) is 0. The van der Waals surface area contributed by atoms with Crippen LogP contribution in [0, 0.1) is 23.3 Å². The maximum Gasteiger partial charge on any atom is 0.259 e. The third-order valence-corrected chi connectivity index (χ3v) is 7.02. The zero-order valence-electron chi connectivity index (χ0n) is 22.0. The Bertz CT molecular complexity index is 1230. The van der Waals surface area contributed by atoms with Gasteiger partial charge in [0.25, 0.3) is 5.91 Å². The second-order valence-electron chi connectivity index (χ2n) is 9.89. The van der Waals surface area contributed by atoms with Gasteiger partial charge in [0.2, 0.25) is 0 Å². The summed E-state index contributed by atoms with van der Waals surface area (Å²) in [6.45, 7) is 2.23. The van der Waals surface area contributed by atoms with E-state index in [1.54, 1.807) is 12.1 Å². The maximum atomic E-state index is 14.3. The fraction of sp³-hybridized carbons (Fsp3) is 0.452. The van der Waals surface area contributed by atoms with Crippen LogP contribution >= 0.6 is 0 Å². The van der Waals surface area contributed by atoms with Gasteiger partial charge in [0, 0.05) is 11.1 Å². The van der Waals surface area contributed by atoms with Crippen molar-refractivity contribution in [3.8, 4) is 5.75 Å². The van der Waals surface area contributed by atoms with Gasteiger partial charge in [0.05, 0.1) is 10.9 Å². The number of carbonyl (C=O) groups is 1. The summed E-state index contributed by atoms with van der Waals surface area (Å²) in [5, 5.41) is 11.6. The summed E-state index contributed by atoms with van der Waals surface area (Å²) in [6.07, 6.45) is 15.7. The number of anilines is 1. The Labute approximate surface area is 222 Å².